The van der Waals surface area contributed by atoms with Crippen molar-refractivity contribution in [2.45, 2.75) is 58.9 Å². The SMILES string of the molecule is CC12CCC(C1)C(C)(C)C2NC(=O)C1(C#N)CCOCC1. The summed E-state index contributed by atoms with van der Waals surface area (Å²) in [5, 5.41) is 12.8. The van der Waals surface area contributed by atoms with Gasteiger partial charge in [0, 0.05) is 19.3 Å². The fourth-order valence-electron chi connectivity index (χ4n) is 5.04. The van der Waals surface area contributed by atoms with Crippen molar-refractivity contribution in [3.8, 4) is 6.07 Å². The van der Waals surface area contributed by atoms with Crippen molar-refractivity contribution in [1.29, 1.82) is 5.26 Å². The molecule has 0 spiro atoms. The first kappa shape index (κ1) is 14.8. The second kappa shape index (κ2) is 4.71. The van der Waals surface area contributed by atoms with E-state index < -0.39 is 5.41 Å². The van der Waals surface area contributed by atoms with Gasteiger partial charge in [0.1, 0.15) is 5.41 Å². The standard InChI is InChI=1S/C17H26N2O2/c1-15(2)12-4-5-16(3,10-12)13(15)19-14(20)17(11-18)6-8-21-9-7-17/h12-13H,4-10H2,1-3H3,(H,19,20). The second-order valence-corrected chi connectivity index (χ2v) is 8.13. The number of rotatable bonds is 2. The average Bonchev–Trinajstić information content (AvgIpc) is 2.95. The minimum absolute atomic E-state index is 0.0693. The van der Waals surface area contributed by atoms with Crippen LogP contribution in [0.25, 0.3) is 0 Å². The third kappa shape index (κ3) is 2.09. The number of nitrogens with one attached hydrogen (secondary N) is 1. The molecule has 1 heterocycles. The number of hydrogen-bond acceptors (Lipinski definition) is 3. The Labute approximate surface area is 127 Å². The van der Waals surface area contributed by atoms with Gasteiger partial charge in [-0.3, -0.25) is 4.79 Å². The third-order valence-corrected chi connectivity index (χ3v) is 6.54. The summed E-state index contributed by atoms with van der Waals surface area (Å²) in [6.07, 6.45) is 4.70. The number of amides is 1. The van der Waals surface area contributed by atoms with Crippen molar-refractivity contribution in [3.05, 3.63) is 0 Å². The molecule has 1 aliphatic heterocycles. The average molecular weight is 290 g/mol. The molecule has 0 radical (unpaired) electrons. The van der Waals surface area contributed by atoms with E-state index >= 15 is 0 Å². The molecule has 116 valence electrons. The van der Waals surface area contributed by atoms with E-state index in [2.05, 4.69) is 32.2 Å². The summed E-state index contributed by atoms with van der Waals surface area (Å²) in [5.41, 5.74) is -0.553. The van der Waals surface area contributed by atoms with Gasteiger partial charge in [0.25, 0.3) is 0 Å². The van der Waals surface area contributed by atoms with Crippen molar-refractivity contribution in [2.24, 2.45) is 22.2 Å². The molecule has 2 aliphatic carbocycles. The monoisotopic (exact) mass is 290 g/mol. The zero-order chi connectivity index (χ0) is 15.3. The molecule has 3 fully saturated rings. The molecule has 0 aromatic heterocycles. The lowest BCUT2D eigenvalue weighted by molar-refractivity contribution is -0.135. The van der Waals surface area contributed by atoms with E-state index in [-0.39, 0.29) is 22.8 Å². The van der Waals surface area contributed by atoms with Crippen LogP contribution in [-0.2, 0) is 9.53 Å². The van der Waals surface area contributed by atoms with Crippen molar-refractivity contribution < 1.29 is 9.53 Å². The summed E-state index contributed by atoms with van der Waals surface area (Å²) >= 11 is 0. The number of hydrogen-bond donors (Lipinski definition) is 1. The molecule has 3 aliphatic rings. The molecule has 3 atom stereocenters. The van der Waals surface area contributed by atoms with Crippen molar-refractivity contribution >= 4 is 5.91 Å². The highest BCUT2D eigenvalue weighted by Crippen LogP contribution is 2.62. The van der Waals surface area contributed by atoms with Crippen LogP contribution in [-0.4, -0.2) is 25.2 Å². The molecule has 1 saturated heterocycles. The van der Waals surface area contributed by atoms with E-state index in [1.807, 2.05) is 0 Å². The number of carbonyl (C=O) groups excluding carboxylic acids is 1. The lowest BCUT2D eigenvalue weighted by Gasteiger charge is -2.44. The lowest BCUT2D eigenvalue weighted by Crippen LogP contribution is -2.56. The summed E-state index contributed by atoms with van der Waals surface area (Å²) in [6, 6.07) is 2.47. The maximum atomic E-state index is 12.8. The second-order valence-electron chi connectivity index (χ2n) is 8.13. The van der Waals surface area contributed by atoms with Gasteiger partial charge in [0.15, 0.2) is 0 Å². The van der Waals surface area contributed by atoms with Crippen LogP contribution in [0.4, 0.5) is 0 Å². The summed E-state index contributed by atoms with van der Waals surface area (Å²) in [4.78, 5) is 12.8. The van der Waals surface area contributed by atoms with E-state index in [0.717, 1.165) is 0 Å². The van der Waals surface area contributed by atoms with E-state index in [0.29, 0.717) is 32.0 Å². The zero-order valence-corrected chi connectivity index (χ0v) is 13.4. The van der Waals surface area contributed by atoms with Crippen LogP contribution in [0, 0.1) is 33.5 Å². The molecule has 21 heavy (non-hydrogen) atoms. The van der Waals surface area contributed by atoms with Crippen LogP contribution < -0.4 is 5.32 Å². The van der Waals surface area contributed by atoms with Gasteiger partial charge in [-0.05, 0) is 48.9 Å². The van der Waals surface area contributed by atoms with Crippen LogP contribution >= 0.6 is 0 Å². The van der Waals surface area contributed by atoms with Crippen LogP contribution in [0.2, 0.25) is 0 Å². The predicted octanol–water partition coefficient (Wildman–Crippen LogP) is 2.64. The molecule has 2 bridgehead atoms. The Hall–Kier alpha value is -1.08. The Morgan fingerprint density at radius 3 is 2.43 bits per heavy atom. The van der Waals surface area contributed by atoms with Gasteiger partial charge in [-0.1, -0.05) is 20.8 Å². The first-order valence-electron chi connectivity index (χ1n) is 8.14. The maximum absolute atomic E-state index is 12.8. The first-order valence-corrected chi connectivity index (χ1v) is 8.14. The van der Waals surface area contributed by atoms with Crippen LogP contribution in [0.1, 0.15) is 52.9 Å². The van der Waals surface area contributed by atoms with Gasteiger partial charge < -0.3 is 10.1 Å². The summed E-state index contributed by atoms with van der Waals surface area (Å²) < 4.78 is 5.33. The highest BCUT2D eigenvalue weighted by molar-refractivity contribution is 5.86. The molecule has 4 nitrogen and oxygen atoms in total. The first-order chi connectivity index (χ1) is 9.84. The summed E-state index contributed by atoms with van der Waals surface area (Å²) in [6.45, 7) is 7.87. The van der Waals surface area contributed by atoms with Gasteiger partial charge in [-0.15, -0.1) is 0 Å². The Morgan fingerprint density at radius 1 is 1.24 bits per heavy atom. The zero-order valence-electron chi connectivity index (χ0n) is 13.4. The molecule has 0 aromatic carbocycles. The van der Waals surface area contributed by atoms with Gasteiger partial charge in [-0.25, -0.2) is 0 Å². The van der Waals surface area contributed by atoms with Gasteiger partial charge >= 0.3 is 0 Å². The van der Waals surface area contributed by atoms with Crippen molar-refractivity contribution in [2.75, 3.05) is 13.2 Å². The quantitative estimate of drug-likeness (QED) is 0.850. The van der Waals surface area contributed by atoms with Gasteiger partial charge in [-0.2, -0.15) is 5.26 Å². The topological polar surface area (TPSA) is 62.1 Å². The molecule has 0 aromatic rings. The highest BCUT2D eigenvalue weighted by Gasteiger charge is 2.60. The normalized spacial score (nSPS) is 39.7. The smallest absolute Gasteiger partial charge is 0.240 e. The Morgan fingerprint density at radius 2 is 1.90 bits per heavy atom. The fraction of sp³-hybridized carbons (Fsp3) is 0.882. The Balaban J connectivity index is 1.80. The molecule has 1 N–H and O–H groups in total. The summed E-state index contributed by atoms with van der Waals surface area (Å²) in [7, 11) is 0. The maximum Gasteiger partial charge on any atom is 0.240 e. The number of fused-ring (bicyclic) bond motifs is 2. The molecule has 4 heteroatoms. The van der Waals surface area contributed by atoms with Gasteiger partial charge in [0.05, 0.1) is 6.07 Å². The molecule has 1 amide bonds. The number of carbonyl (C=O) groups is 1. The van der Waals surface area contributed by atoms with Crippen LogP contribution in [0.15, 0.2) is 0 Å². The molecule has 3 unspecified atom stereocenters. The minimum Gasteiger partial charge on any atom is -0.381 e. The molecular formula is C17H26N2O2. The Kier molecular flexibility index (Phi) is 3.33. The fourth-order valence-corrected chi connectivity index (χ4v) is 5.04. The highest BCUT2D eigenvalue weighted by atomic mass is 16.5. The van der Waals surface area contributed by atoms with Crippen LogP contribution in [0.5, 0.6) is 0 Å². The third-order valence-electron chi connectivity index (χ3n) is 6.54. The van der Waals surface area contributed by atoms with Crippen LogP contribution in [0.3, 0.4) is 0 Å². The summed E-state index contributed by atoms with van der Waals surface area (Å²) in [5.74, 6) is 0.626. The van der Waals surface area contributed by atoms with E-state index in [1.54, 1.807) is 0 Å². The largest absolute Gasteiger partial charge is 0.381 e. The van der Waals surface area contributed by atoms with E-state index in [4.69, 9.17) is 4.74 Å². The van der Waals surface area contributed by atoms with Gasteiger partial charge in [0.2, 0.25) is 5.91 Å². The predicted molar refractivity (Wildman–Crippen MR) is 79.3 cm³/mol. The number of nitriles is 1. The van der Waals surface area contributed by atoms with Crippen molar-refractivity contribution in [3.63, 3.8) is 0 Å². The van der Waals surface area contributed by atoms with E-state index in [1.165, 1.54) is 19.3 Å². The Bertz CT molecular complexity index is 483. The minimum atomic E-state index is -0.882. The number of ether oxygens (including phenoxy) is 1. The molecular weight excluding hydrogens is 264 g/mol. The van der Waals surface area contributed by atoms with E-state index in [9.17, 15) is 10.1 Å². The number of nitrogens with zero attached hydrogens (tertiary/aromatic N) is 1. The lowest BCUT2D eigenvalue weighted by atomic mass is 9.68. The molecule has 2 saturated carbocycles. The van der Waals surface area contributed by atoms with Crippen molar-refractivity contribution in [1.82, 2.24) is 5.32 Å². The molecule has 3 rings (SSSR count).